The molecule has 2 saturated heterocycles. The van der Waals surface area contributed by atoms with E-state index < -0.39 is 6.43 Å². The lowest BCUT2D eigenvalue weighted by Crippen LogP contribution is -2.41. The average molecular weight is 537 g/mol. The maximum Gasteiger partial charge on any atom is 0.296 e. The summed E-state index contributed by atoms with van der Waals surface area (Å²) >= 11 is 0. The number of hydrogen-bond donors (Lipinski definition) is 1. The van der Waals surface area contributed by atoms with Gasteiger partial charge in [-0.25, -0.2) is 13.8 Å². The summed E-state index contributed by atoms with van der Waals surface area (Å²) in [5.41, 5.74) is 2.00. The second-order valence-corrected chi connectivity index (χ2v) is 9.57. The number of ether oxygens (including phenoxy) is 2. The van der Waals surface area contributed by atoms with Crippen LogP contribution in [0.4, 0.5) is 26.4 Å². The summed E-state index contributed by atoms with van der Waals surface area (Å²) < 4.78 is 40.4. The third-order valence-corrected chi connectivity index (χ3v) is 7.09. The Hall–Kier alpha value is -4.06. The molecule has 0 atom stereocenters. The molecule has 2 fully saturated rings. The molecule has 2 aromatic heterocycles. The molecule has 0 saturated carbocycles. The van der Waals surface area contributed by atoms with Crippen LogP contribution in [0.5, 0.6) is 5.75 Å². The Morgan fingerprint density at radius 1 is 0.872 bits per heavy atom. The van der Waals surface area contributed by atoms with Crippen LogP contribution in [-0.2, 0) is 4.74 Å². The van der Waals surface area contributed by atoms with Gasteiger partial charge in [0.1, 0.15) is 5.75 Å². The van der Waals surface area contributed by atoms with Gasteiger partial charge in [-0.2, -0.15) is 15.0 Å². The molecular weight excluding hydrogens is 506 g/mol. The van der Waals surface area contributed by atoms with Crippen LogP contribution in [0.15, 0.2) is 48.5 Å². The second kappa shape index (κ2) is 11.0. The number of benzene rings is 2. The number of halogens is 2. The number of alkyl halides is 2. The number of piperidine rings is 1. The van der Waals surface area contributed by atoms with Crippen molar-refractivity contribution in [1.29, 1.82) is 0 Å². The van der Waals surface area contributed by atoms with Crippen molar-refractivity contribution in [2.75, 3.05) is 61.6 Å². The van der Waals surface area contributed by atoms with E-state index in [1.54, 1.807) is 31.4 Å². The second-order valence-electron chi connectivity index (χ2n) is 9.57. The van der Waals surface area contributed by atoms with Crippen molar-refractivity contribution in [2.24, 2.45) is 0 Å². The fourth-order valence-electron chi connectivity index (χ4n) is 5.06. The molecule has 1 N–H and O–H groups in total. The van der Waals surface area contributed by atoms with E-state index in [0.29, 0.717) is 62.3 Å². The Morgan fingerprint density at radius 3 is 2.28 bits per heavy atom. The number of rotatable bonds is 7. The van der Waals surface area contributed by atoms with Gasteiger partial charge in [-0.15, -0.1) is 0 Å². The van der Waals surface area contributed by atoms with Crippen molar-refractivity contribution >= 4 is 28.6 Å². The first kappa shape index (κ1) is 25.2. The van der Waals surface area contributed by atoms with E-state index >= 15 is 0 Å². The van der Waals surface area contributed by atoms with Crippen molar-refractivity contribution in [2.45, 2.75) is 25.3 Å². The summed E-state index contributed by atoms with van der Waals surface area (Å²) in [6.07, 6.45) is -1.06. The summed E-state index contributed by atoms with van der Waals surface area (Å²) in [5, 5.41) is 3.59. The summed E-state index contributed by atoms with van der Waals surface area (Å²) in [5.74, 6) is 1.48. The van der Waals surface area contributed by atoms with Gasteiger partial charge in [0.2, 0.25) is 17.8 Å². The molecule has 4 heterocycles. The van der Waals surface area contributed by atoms with Crippen LogP contribution in [0.25, 0.3) is 17.0 Å². The Bertz CT molecular complexity index is 1430. The van der Waals surface area contributed by atoms with E-state index in [4.69, 9.17) is 19.4 Å². The number of imidazole rings is 1. The molecule has 0 radical (unpaired) electrons. The van der Waals surface area contributed by atoms with Gasteiger partial charge in [0.25, 0.3) is 6.43 Å². The lowest BCUT2D eigenvalue weighted by Gasteiger charge is -2.34. The standard InChI is InChI=1S/C27H30F2N8O2/c1-38-20-6-4-5-19(17-20)30-18-9-11-35(12-10-18)25-32-26(36-13-15-39-16-14-36)34-27(33-25)37-22-8-3-2-7-21(22)31-24(37)23(28)29/h2-8,17-18,23,30H,9-16H2,1H3. The number of nitrogens with zero attached hydrogens (tertiary/aromatic N) is 7. The van der Waals surface area contributed by atoms with Gasteiger partial charge >= 0.3 is 0 Å². The van der Waals surface area contributed by atoms with Crippen LogP contribution in [0.1, 0.15) is 25.1 Å². The molecular formula is C27H30F2N8O2. The summed E-state index contributed by atoms with van der Waals surface area (Å²) in [4.78, 5) is 22.5. The molecule has 12 heteroatoms. The third kappa shape index (κ3) is 5.29. The molecule has 10 nitrogen and oxygen atoms in total. The number of aromatic nitrogens is 5. The molecule has 39 heavy (non-hydrogen) atoms. The quantitative estimate of drug-likeness (QED) is 0.375. The molecule has 2 aliphatic heterocycles. The highest BCUT2D eigenvalue weighted by atomic mass is 19.3. The molecule has 2 aromatic carbocycles. The normalized spacial score (nSPS) is 16.7. The lowest BCUT2D eigenvalue weighted by molar-refractivity contribution is 0.122. The molecule has 0 aliphatic carbocycles. The number of anilines is 3. The van der Waals surface area contributed by atoms with Gasteiger partial charge in [0.15, 0.2) is 5.82 Å². The summed E-state index contributed by atoms with van der Waals surface area (Å²) in [7, 11) is 1.66. The highest BCUT2D eigenvalue weighted by Gasteiger charge is 2.27. The Balaban J connectivity index is 1.31. The number of morpholine rings is 1. The first-order valence-electron chi connectivity index (χ1n) is 13.1. The predicted molar refractivity (Wildman–Crippen MR) is 144 cm³/mol. The monoisotopic (exact) mass is 536 g/mol. The SMILES string of the molecule is COc1cccc(NC2CCN(c3nc(N4CCOCC4)nc(-n4c(C(F)F)nc5ccccc54)n3)CC2)c1. The third-order valence-electron chi connectivity index (χ3n) is 7.09. The van der Waals surface area contributed by atoms with Crippen LogP contribution in [-0.4, -0.2) is 77.0 Å². The average Bonchev–Trinajstić information content (AvgIpc) is 3.38. The van der Waals surface area contributed by atoms with Gasteiger partial charge in [-0.3, -0.25) is 4.57 Å². The van der Waals surface area contributed by atoms with E-state index in [0.717, 1.165) is 24.3 Å². The highest BCUT2D eigenvalue weighted by molar-refractivity contribution is 5.77. The Labute approximate surface area is 224 Å². The molecule has 2 aliphatic rings. The highest BCUT2D eigenvalue weighted by Crippen LogP contribution is 2.29. The van der Waals surface area contributed by atoms with Crippen LogP contribution in [0.3, 0.4) is 0 Å². The van der Waals surface area contributed by atoms with Crippen LogP contribution in [0, 0.1) is 0 Å². The molecule has 4 aromatic rings. The maximum atomic E-state index is 14.1. The van der Waals surface area contributed by atoms with E-state index in [1.165, 1.54) is 4.57 Å². The lowest BCUT2D eigenvalue weighted by atomic mass is 10.0. The van der Waals surface area contributed by atoms with Gasteiger partial charge in [0, 0.05) is 44.0 Å². The zero-order chi connectivity index (χ0) is 26.8. The van der Waals surface area contributed by atoms with Gasteiger partial charge < -0.3 is 24.6 Å². The van der Waals surface area contributed by atoms with E-state index in [9.17, 15) is 8.78 Å². The summed E-state index contributed by atoms with van der Waals surface area (Å²) in [6.45, 7) is 3.74. The number of methoxy groups -OCH3 is 1. The van der Waals surface area contributed by atoms with E-state index in [1.807, 2.05) is 29.2 Å². The predicted octanol–water partition coefficient (Wildman–Crippen LogP) is 4.07. The Morgan fingerprint density at radius 2 is 1.56 bits per heavy atom. The largest absolute Gasteiger partial charge is 0.497 e. The molecule has 0 amide bonds. The number of nitrogens with one attached hydrogen (secondary N) is 1. The zero-order valence-electron chi connectivity index (χ0n) is 21.6. The van der Waals surface area contributed by atoms with Crippen molar-refractivity contribution in [3.05, 3.63) is 54.4 Å². The van der Waals surface area contributed by atoms with Crippen molar-refractivity contribution in [1.82, 2.24) is 24.5 Å². The summed E-state index contributed by atoms with van der Waals surface area (Å²) in [6, 6.07) is 15.2. The van der Waals surface area contributed by atoms with E-state index in [-0.39, 0.29) is 17.8 Å². The molecule has 0 bridgehead atoms. The zero-order valence-corrected chi connectivity index (χ0v) is 21.6. The minimum absolute atomic E-state index is 0.141. The van der Waals surface area contributed by atoms with Crippen LogP contribution < -0.4 is 19.9 Å². The first-order chi connectivity index (χ1) is 19.1. The minimum atomic E-state index is -2.79. The molecule has 0 spiro atoms. The van der Waals surface area contributed by atoms with Gasteiger partial charge in [-0.1, -0.05) is 18.2 Å². The van der Waals surface area contributed by atoms with Crippen molar-refractivity contribution in [3.63, 3.8) is 0 Å². The first-order valence-corrected chi connectivity index (χ1v) is 13.1. The van der Waals surface area contributed by atoms with Crippen LogP contribution >= 0.6 is 0 Å². The van der Waals surface area contributed by atoms with Crippen molar-refractivity contribution < 1.29 is 18.3 Å². The fourth-order valence-corrected chi connectivity index (χ4v) is 5.06. The number of para-hydroxylation sites is 2. The fraction of sp³-hybridized carbons (Fsp3) is 0.407. The molecule has 6 rings (SSSR count). The van der Waals surface area contributed by atoms with E-state index in [2.05, 4.69) is 20.2 Å². The van der Waals surface area contributed by atoms with Crippen molar-refractivity contribution in [3.8, 4) is 11.7 Å². The maximum absolute atomic E-state index is 14.1. The number of hydrogen-bond acceptors (Lipinski definition) is 9. The minimum Gasteiger partial charge on any atom is -0.497 e. The van der Waals surface area contributed by atoms with Gasteiger partial charge in [0.05, 0.1) is 31.4 Å². The topological polar surface area (TPSA) is 93.5 Å². The van der Waals surface area contributed by atoms with Crippen LogP contribution in [0.2, 0.25) is 0 Å². The number of fused-ring (bicyclic) bond motifs is 1. The Kier molecular flexibility index (Phi) is 7.10. The molecule has 204 valence electrons. The van der Waals surface area contributed by atoms with Gasteiger partial charge in [-0.05, 0) is 37.1 Å². The smallest absolute Gasteiger partial charge is 0.296 e. The molecule has 0 unspecified atom stereocenters.